The first-order valence-corrected chi connectivity index (χ1v) is 4.34. The van der Waals surface area contributed by atoms with Crippen molar-refractivity contribution in [3.8, 4) is 0 Å². The summed E-state index contributed by atoms with van der Waals surface area (Å²) in [4.78, 5) is 22.1. The fourth-order valence-electron chi connectivity index (χ4n) is 1.48. The van der Waals surface area contributed by atoms with Crippen LogP contribution >= 0.6 is 0 Å². The molecule has 1 unspecified atom stereocenters. The molecule has 1 rings (SSSR count). The van der Waals surface area contributed by atoms with Gasteiger partial charge in [-0.3, -0.25) is 9.59 Å². The highest BCUT2D eigenvalue weighted by molar-refractivity contribution is 6.07. The Morgan fingerprint density at radius 3 is 2.67 bits per heavy atom. The van der Waals surface area contributed by atoms with E-state index in [0.717, 1.165) is 12.0 Å². The standard InChI is InChI=1S/C10H14O2/c1-3-7(2)4-8-5-9(11)6-10(8)12/h8H,2-6H2,1H3. The Hall–Kier alpha value is -0.920. The van der Waals surface area contributed by atoms with Gasteiger partial charge >= 0.3 is 0 Å². The minimum atomic E-state index is -0.0510. The first-order chi connectivity index (χ1) is 5.63. The van der Waals surface area contributed by atoms with Gasteiger partial charge in [0.2, 0.25) is 0 Å². The summed E-state index contributed by atoms with van der Waals surface area (Å²) in [5.74, 6) is 0.147. The lowest BCUT2D eigenvalue weighted by Gasteiger charge is -2.06. The molecule has 1 aliphatic carbocycles. The molecule has 1 aliphatic rings. The van der Waals surface area contributed by atoms with Crippen LogP contribution in [0.2, 0.25) is 0 Å². The summed E-state index contributed by atoms with van der Waals surface area (Å²) >= 11 is 0. The molecule has 0 aromatic carbocycles. The van der Waals surface area contributed by atoms with Crippen LogP contribution in [0.3, 0.4) is 0 Å². The molecule has 0 aromatic heterocycles. The first-order valence-electron chi connectivity index (χ1n) is 4.34. The Labute approximate surface area is 72.7 Å². The van der Waals surface area contributed by atoms with Crippen molar-refractivity contribution in [2.45, 2.75) is 32.6 Å². The number of rotatable bonds is 3. The average Bonchev–Trinajstić information content (AvgIpc) is 2.30. The molecule has 0 heterocycles. The van der Waals surface area contributed by atoms with E-state index in [1.807, 2.05) is 6.92 Å². The fourth-order valence-corrected chi connectivity index (χ4v) is 1.48. The third-order valence-electron chi connectivity index (χ3n) is 2.34. The fraction of sp³-hybridized carbons (Fsp3) is 0.600. The van der Waals surface area contributed by atoms with E-state index < -0.39 is 0 Å². The van der Waals surface area contributed by atoms with E-state index in [9.17, 15) is 9.59 Å². The van der Waals surface area contributed by atoms with Crippen LogP contribution in [0.5, 0.6) is 0 Å². The van der Waals surface area contributed by atoms with Gasteiger partial charge in [-0.2, -0.15) is 0 Å². The van der Waals surface area contributed by atoms with Gasteiger partial charge in [0.1, 0.15) is 11.6 Å². The second-order valence-electron chi connectivity index (χ2n) is 3.39. The largest absolute Gasteiger partial charge is 0.299 e. The molecule has 2 heteroatoms. The Morgan fingerprint density at radius 1 is 1.58 bits per heavy atom. The van der Waals surface area contributed by atoms with Crippen LogP contribution < -0.4 is 0 Å². The molecule has 1 fully saturated rings. The Bertz CT molecular complexity index is 228. The zero-order chi connectivity index (χ0) is 9.14. The number of carbonyl (C=O) groups excluding carboxylic acids is 2. The maximum atomic E-state index is 11.2. The van der Waals surface area contributed by atoms with E-state index in [1.54, 1.807) is 0 Å². The van der Waals surface area contributed by atoms with E-state index in [0.29, 0.717) is 12.8 Å². The zero-order valence-electron chi connectivity index (χ0n) is 7.43. The van der Waals surface area contributed by atoms with Crippen LogP contribution in [0, 0.1) is 5.92 Å². The number of ketones is 2. The molecular formula is C10H14O2. The molecule has 66 valence electrons. The second kappa shape index (κ2) is 3.65. The summed E-state index contributed by atoms with van der Waals surface area (Å²) in [5.41, 5.74) is 1.07. The Morgan fingerprint density at radius 2 is 2.25 bits per heavy atom. The van der Waals surface area contributed by atoms with E-state index in [-0.39, 0.29) is 23.9 Å². The van der Waals surface area contributed by atoms with Gasteiger partial charge in [-0.1, -0.05) is 19.1 Å². The number of carbonyl (C=O) groups is 2. The van der Waals surface area contributed by atoms with Crippen molar-refractivity contribution in [2.24, 2.45) is 5.92 Å². The molecule has 1 saturated carbocycles. The maximum absolute atomic E-state index is 11.2. The van der Waals surface area contributed by atoms with Gasteiger partial charge in [-0.25, -0.2) is 0 Å². The van der Waals surface area contributed by atoms with E-state index >= 15 is 0 Å². The van der Waals surface area contributed by atoms with Crippen molar-refractivity contribution in [3.05, 3.63) is 12.2 Å². The van der Waals surface area contributed by atoms with Gasteiger partial charge in [-0.15, -0.1) is 0 Å². The lowest BCUT2D eigenvalue weighted by Crippen LogP contribution is -2.06. The van der Waals surface area contributed by atoms with Gasteiger partial charge in [0.25, 0.3) is 0 Å². The number of Topliss-reactive ketones (excluding diaryl/α,β-unsaturated/α-hetero) is 2. The minimum absolute atomic E-state index is 0.0510. The monoisotopic (exact) mass is 166 g/mol. The van der Waals surface area contributed by atoms with Crippen LogP contribution in [0.25, 0.3) is 0 Å². The molecule has 0 aromatic rings. The van der Waals surface area contributed by atoms with E-state index in [2.05, 4.69) is 6.58 Å². The Balaban J connectivity index is 2.48. The summed E-state index contributed by atoms with van der Waals surface area (Å²) < 4.78 is 0. The molecule has 0 aliphatic heterocycles. The summed E-state index contributed by atoms with van der Waals surface area (Å²) in [6.45, 7) is 5.85. The highest BCUT2D eigenvalue weighted by Gasteiger charge is 2.30. The van der Waals surface area contributed by atoms with Crippen molar-refractivity contribution in [3.63, 3.8) is 0 Å². The normalized spacial score (nSPS) is 23.2. The molecule has 0 N–H and O–H groups in total. The van der Waals surface area contributed by atoms with Gasteiger partial charge in [0.15, 0.2) is 0 Å². The molecule has 0 bridgehead atoms. The van der Waals surface area contributed by atoms with E-state index in [4.69, 9.17) is 0 Å². The number of hydrogen-bond acceptors (Lipinski definition) is 2. The zero-order valence-corrected chi connectivity index (χ0v) is 7.43. The quantitative estimate of drug-likeness (QED) is 0.474. The highest BCUT2D eigenvalue weighted by Crippen LogP contribution is 2.25. The molecule has 12 heavy (non-hydrogen) atoms. The lowest BCUT2D eigenvalue weighted by molar-refractivity contribution is -0.122. The third kappa shape index (κ3) is 2.03. The smallest absolute Gasteiger partial charge is 0.144 e. The Kier molecular flexibility index (Phi) is 2.79. The topological polar surface area (TPSA) is 34.1 Å². The maximum Gasteiger partial charge on any atom is 0.144 e. The SMILES string of the molecule is C=C(CC)CC1CC(=O)CC1=O. The molecular weight excluding hydrogens is 152 g/mol. The molecule has 0 saturated heterocycles. The molecule has 0 amide bonds. The minimum Gasteiger partial charge on any atom is -0.299 e. The molecule has 1 atom stereocenters. The van der Waals surface area contributed by atoms with Crippen molar-refractivity contribution in [2.75, 3.05) is 0 Å². The summed E-state index contributed by atoms with van der Waals surface area (Å²) in [7, 11) is 0. The molecule has 0 spiro atoms. The first kappa shape index (κ1) is 9.17. The van der Waals surface area contributed by atoms with Crippen LogP contribution in [-0.4, -0.2) is 11.6 Å². The lowest BCUT2D eigenvalue weighted by atomic mass is 9.97. The second-order valence-corrected chi connectivity index (χ2v) is 3.39. The predicted molar refractivity (Wildman–Crippen MR) is 46.8 cm³/mol. The summed E-state index contributed by atoms with van der Waals surface area (Å²) in [5, 5.41) is 0. The van der Waals surface area contributed by atoms with Crippen molar-refractivity contribution >= 4 is 11.6 Å². The molecule has 0 radical (unpaired) electrons. The van der Waals surface area contributed by atoms with Crippen LogP contribution in [0.1, 0.15) is 32.6 Å². The van der Waals surface area contributed by atoms with E-state index in [1.165, 1.54) is 0 Å². The van der Waals surface area contributed by atoms with Gasteiger partial charge in [0, 0.05) is 12.3 Å². The third-order valence-corrected chi connectivity index (χ3v) is 2.34. The van der Waals surface area contributed by atoms with Crippen molar-refractivity contribution in [1.29, 1.82) is 0 Å². The van der Waals surface area contributed by atoms with Gasteiger partial charge in [0.05, 0.1) is 6.42 Å². The van der Waals surface area contributed by atoms with Crippen LogP contribution in [-0.2, 0) is 9.59 Å². The van der Waals surface area contributed by atoms with Crippen molar-refractivity contribution in [1.82, 2.24) is 0 Å². The van der Waals surface area contributed by atoms with Crippen molar-refractivity contribution < 1.29 is 9.59 Å². The highest BCUT2D eigenvalue weighted by atomic mass is 16.2. The van der Waals surface area contributed by atoms with Crippen LogP contribution in [0.15, 0.2) is 12.2 Å². The number of allylic oxidation sites excluding steroid dienone is 1. The van der Waals surface area contributed by atoms with Gasteiger partial charge in [-0.05, 0) is 12.8 Å². The number of hydrogen-bond donors (Lipinski definition) is 0. The summed E-state index contributed by atoms with van der Waals surface area (Å²) in [6.07, 6.45) is 2.21. The summed E-state index contributed by atoms with van der Waals surface area (Å²) in [6, 6.07) is 0. The average molecular weight is 166 g/mol. The van der Waals surface area contributed by atoms with Gasteiger partial charge < -0.3 is 0 Å². The molecule has 2 nitrogen and oxygen atoms in total. The predicted octanol–water partition coefficient (Wildman–Crippen LogP) is 1.89. The van der Waals surface area contributed by atoms with Crippen LogP contribution in [0.4, 0.5) is 0 Å².